The van der Waals surface area contributed by atoms with E-state index in [0.717, 1.165) is 0 Å². The van der Waals surface area contributed by atoms with E-state index in [4.69, 9.17) is 16.3 Å². The van der Waals surface area contributed by atoms with Crippen LogP contribution in [0.1, 0.15) is 36.1 Å². The van der Waals surface area contributed by atoms with Gasteiger partial charge in [0.25, 0.3) is 5.91 Å². The number of rotatable bonds is 9. The molecule has 2 amide bonds. The van der Waals surface area contributed by atoms with Gasteiger partial charge < -0.3 is 19.9 Å². The van der Waals surface area contributed by atoms with Crippen molar-refractivity contribution < 1.29 is 14.3 Å². The topological polar surface area (TPSA) is 98.1 Å². The van der Waals surface area contributed by atoms with Gasteiger partial charge in [-0.3, -0.25) is 9.59 Å². The Balaban J connectivity index is 1.61. The number of ether oxygens (including phenoxy) is 1. The van der Waals surface area contributed by atoms with Crippen LogP contribution in [0.15, 0.2) is 53.7 Å². The Bertz CT molecular complexity index is 1090. The number of methoxy groups -OCH3 is 1. The fourth-order valence-corrected chi connectivity index (χ4v) is 4.00. The summed E-state index contributed by atoms with van der Waals surface area (Å²) in [6.45, 7) is 4.40. The lowest BCUT2D eigenvalue weighted by Crippen LogP contribution is -2.28. The van der Waals surface area contributed by atoms with Crippen LogP contribution in [0.5, 0.6) is 5.75 Å². The molecule has 0 spiro atoms. The van der Waals surface area contributed by atoms with E-state index in [1.165, 1.54) is 11.8 Å². The number of hydrogen-bond acceptors (Lipinski definition) is 6. The van der Waals surface area contributed by atoms with Crippen molar-refractivity contribution in [3.63, 3.8) is 0 Å². The van der Waals surface area contributed by atoms with E-state index in [1.807, 2.05) is 18.4 Å². The number of aromatic nitrogens is 3. The van der Waals surface area contributed by atoms with E-state index in [2.05, 4.69) is 20.8 Å². The molecule has 2 aromatic carbocycles. The Kier molecular flexibility index (Phi) is 8.13. The van der Waals surface area contributed by atoms with Gasteiger partial charge in [0.15, 0.2) is 11.0 Å². The van der Waals surface area contributed by atoms with Crippen LogP contribution < -0.4 is 15.4 Å². The van der Waals surface area contributed by atoms with E-state index >= 15 is 0 Å². The van der Waals surface area contributed by atoms with Crippen LogP contribution in [0.3, 0.4) is 0 Å². The monoisotopic (exact) mass is 473 g/mol. The van der Waals surface area contributed by atoms with Gasteiger partial charge in [-0.25, -0.2) is 0 Å². The lowest BCUT2D eigenvalue weighted by molar-refractivity contribution is -0.113. The summed E-state index contributed by atoms with van der Waals surface area (Å²) in [5.41, 5.74) is 1.16. The summed E-state index contributed by atoms with van der Waals surface area (Å²) in [5, 5.41) is 15.4. The number of carbonyl (C=O) groups excluding carboxylic acids is 2. The van der Waals surface area contributed by atoms with E-state index in [1.54, 1.807) is 55.6 Å². The highest BCUT2D eigenvalue weighted by atomic mass is 35.5. The minimum atomic E-state index is -0.369. The van der Waals surface area contributed by atoms with Crippen LogP contribution in [-0.4, -0.2) is 39.4 Å². The van der Waals surface area contributed by atoms with Crippen molar-refractivity contribution in [1.29, 1.82) is 0 Å². The van der Waals surface area contributed by atoms with Crippen LogP contribution in [0.25, 0.3) is 0 Å². The molecule has 1 unspecified atom stereocenters. The third kappa shape index (κ3) is 6.02. The van der Waals surface area contributed by atoms with Crippen molar-refractivity contribution >= 4 is 40.9 Å². The molecule has 0 saturated heterocycles. The predicted octanol–water partition coefficient (Wildman–Crippen LogP) is 4.18. The SMILES string of the molecule is CCn1c(SCC(=O)Nc2cccc(Cl)c2)nnc1C(C)NC(=O)c1ccc(OC)cc1. The average molecular weight is 474 g/mol. The standard InChI is InChI=1S/C22H24ClN5O3S/c1-4-28-20(14(2)24-21(30)15-8-10-18(31-3)11-9-15)26-27-22(28)32-13-19(29)25-17-7-5-6-16(23)12-17/h5-12,14H,4,13H2,1-3H3,(H,24,30)(H,25,29). The smallest absolute Gasteiger partial charge is 0.251 e. The number of amides is 2. The zero-order valence-electron chi connectivity index (χ0n) is 18.0. The molecular weight excluding hydrogens is 450 g/mol. The van der Waals surface area contributed by atoms with E-state index in [9.17, 15) is 9.59 Å². The summed E-state index contributed by atoms with van der Waals surface area (Å²) in [6.07, 6.45) is 0. The molecule has 8 nitrogen and oxygen atoms in total. The van der Waals surface area contributed by atoms with Crippen molar-refractivity contribution in [1.82, 2.24) is 20.1 Å². The molecule has 2 N–H and O–H groups in total. The maximum absolute atomic E-state index is 12.6. The summed E-state index contributed by atoms with van der Waals surface area (Å²) in [4.78, 5) is 24.9. The van der Waals surface area contributed by atoms with Gasteiger partial charge in [0.05, 0.1) is 18.9 Å². The summed E-state index contributed by atoms with van der Waals surface area (Å²) >= 11 is 7.23. The number of carbonyl (C=O) groups is 2. The van der Waals surface area contributed by atoms with Gasteiger partial charge in [0, 0.05) is 22.8 Å². The first-order valence-electron chi connectivity index (χ1n) is 9.97. The molecule has 0 bridgehead atoms. The average Bonchev–Trinajstić information content (AvgIpc) is 3.21. The van der Waals surface area contributed by atoms with Gasteiger partial charge in [-0.15, -0.1) is 10.2 Å². The molecule has 0 aliphatic rings. The summed E-state index contributed by atoms with van der Waals surface area (Å²) in [5.74, 6) is 1.07. The van der Waals surface area contributed by atoms with E-state index < -0.39 is 0 Å². The lowest BCUT2D eigenvalue weighted by Gasteiger charge is -2.15. The normalized spacial score (nSPS) is 11.6. The number of nitrogens with zero attached hydrogens (tertiary/aromatic N) is 3. The first-order valence-corrected chi connectivity index (χ1v) is 11.3. The van der Waals surface area contributed by atoms with Crippen LogP contribution in [0.4, 0.5) is 5.69 Å². The third-order valence-corrected chi connectivity index (χ3v) is 5.79. The Morgan fingerprint density at radius 1 is 1.19 bits per heavy atom. The molecule has 32 heavy (non-hydrogen) atoms. The molecule has 168 valence electrons. The van der Waals surface area contributed by atoms with Gasteiger partial charge in [-0.2, -0.15) is 0 Å². The summed E-state index contributed by atoms with van der Waals surface area (Å²) in [7, 11) is 1.57. The third-order valence-electron chi connectivity index (χ3n) is 4.59. The summed E-state index contributed by atoms with van der Waals surface area (Å²) in [6, 6.07) is 13.5. The van der Waals surface area contributed by atoms with Gasteiger partial charge in [-0.05, 0) is 56.3 Å². The van der Waals surface area contributed by atoms with Crippen LogP contribution in [0.2, 0.25) is 5.02 Å². The second-order valence-corrected chi connectivity index (χ2v) is 8.23. The quantitative estimate of drug-likeness (QED) is 0.452. The molecule has 1 aromatic heterocycles. The zero-order chi connectivity index (χ0) is 23.1. The number of thioether (sulfide) groups is 1. The largest absolute Gasteiger partial charge is 0.497 e. The first kappa shape index (κ1) is 23.6. The highest BCUT2D eigenvalue weighted by Crippen LogP contribution is 2.22. The van der Waals surface area contributed by atoms with Crippen molar-refractivity contribution in [2.24, 2.45) is 0 Å². The second-order valence-electron chi connectivity index (χ2n) is 6.86. The Labute approximate surface area is 195 Å². The predicted molar refractivity (Wildman–Crippen MR) is 125 cm³/mol. The number of hydrogen-bond donors (Lipinski definition) is 2. The van der Waals surface area contributed by atoms with Crippen molar-refractivity contribution in [3.8, 4) is 5.75 Å². The molecule has 0 aliphatic carbocycles. The van der Waals surface area contributed by atoms with Crippen molar-refractivity contribution in [2.45, 2.75) is 31.6 Å². The summed E-state index contributed by atoms with van der Waals surface area (Å²) < 4.78 is 7.01. The Morgan fingerprint density at radius 2 is 1.94 bits per heavy atom. The maximum atomic E-state index is 12.6. The fraction of sp³-hybridized carbons (Fsp3) is 0.273. The first-order chi connectivity index (χ1) is 15.4. The Hall–Kier alpha value is -3.04. The fourth-order valence-electron chi connectivity index (χ4n) is 3.00. The van der Waals surface area contributed by atoms with E-state index in [0.29, 0.717) is 39.5 Å². The zero-order valence-corrected chi connectivity index (χ0v) is 19.5. The van der Waals surface area contributed by atoms with E-state index in [-0.39, 0.29) is 23.6 Å². The lowest BCUT2D eigenvalue weighted by atomic mass is 10.2. The van der Waals surface area contributed by atoms with Gasteiger partial charge in [0.1, 0.15) is 5.75 Å². The highest BCUT2D eigenvalue weighted by molar-refractivity contribution is 7.99. The number of halogens is 1. The number of nitrogens with one attached hydrogen (secondary N) is 2. The van der Waals surface area contributed by atoms with Crippen LogP contribution in [0, 0.1) is 0 Å². The number of benzene rings is 2. The van der Waals surface area contributed by atoms with Crippen molar-refractivity contribution in [2.75, 3.05) is 18.2 Å². The molecule has 0 fully saturated rings. The van der Waals surface area contributed by atoms with Gasteiger partial charge in [0.2, 0.25) is 5.91 Å². The molecule has 1 atom stereocenters. The molecular formula is C22H24ClN5O3S. The minimum Gasteiger partial charge on any atom is -0.497 e. The molecule has 3 rings (SSSR count). The minimum absolute atomic E-state index is 0.164. The molecule has 0 aliphatic heterocycles. The molecule has 1 heterocycles. The molecule has 0 saturated carbocycles. The Morgan fingerprint density at radius 3 is 2.59 bits per heavy atom. The molecule has 3 aromatic rings. The van der Waals surface area contributed by atoms with Gasteiger partial charge >= 0.3 is 0 Å². The van der Waals surface area contributed by atoms with Gasteiger partial charge in [-0.1, -0.05) is 29.4 Å². The number of anilines is 1. The van der Waals surface area contributed by atoms with Crippen LogP contribution >= 0.6 is 23.4 Å². The van der Waals surface area contributed by atoms with Crippen molar-refractivity contribution in [3.05, 3.63) is 64.9 Å². The molecule has 0 radical (unpaired) electrons. The highest BCUT2D eigenvalue weighted by Gasteiger charge is 2.20. The van der Waals surface area contributed by atoms with Crippen LogP contribution in [-0.2, 0) is 11.3 Å². The maximum Gasteiger partial charge on any atom is 0.251 e. The molecule has 10 heteroatoms. The second kappa shape index (κ2) is 11.0.